The van der Waals surface area contributed by atoms with Crippen molar-refractivity contribution in [2.45, 2.75) is 40.8 Å². The number of amides is 1. The Hall–Kier alpha value is -2.96. The number of rotatable bonds is 6. The first kappa shape index (κ1) is 18.8. The van der Waals surface area contributed by atoms with Crippen molar-refractivity contribution in [3.63, 3.8) is 0 Å². The number of carbonyl (C=O) groups is 1. The molecule has 7 nitrogen and oxygen atoms in total. The summed E-state index contributed by atoms with van der Waals surface area (Å²) in [6.07, 6.45) is 0. The molecule has 0 bridgehead atoms. The lowest BCUT2D eigenvalue weighted by atomic mass is 10.1. The van der Waals surface area contributed by atoms with Crippen molar-refractivity contribution >= 4 is 16.7 Å². The molecule has 1 N–H and O–H groups in total. The van der Waals surface area contributed by atoms with Crippen LogP contribution in [-0.4, -0.2) is 32.0 Å². The third-order valence-electron chi connectivity index (χ3n) is 4.58. The van der Waals surface area contributed by atoms with Crippen LogP contribution in [0.25, 0.3) is 10.8 Å². The van der Waals surface area contributed by atoms with Gasteiger partial charge in [0.05, 0.1) is 11.1 Å². The Morgan fingerprint density at radius 3 is 2.48 bits per heavy atom. The topological polar surface area (TPSA) is 81.8 Å². The number of aromatic nitrogens is 4. The molecule has 1 atom stereocenters. The zero-order valence-corrected chi connectivity index (χ0v) is 16.2. The summed E-state index contributed by atoms with van der Waals surface area (Å²) >= 11 is 0. The second kappa shape index (κ2) is 7.73. The largest absolute Gasteiger partial charge is 0.350 e. The molecule has 1 unspecified atom stereocenters. The van der Waals surface area contributed by atoms with Crippen molar-refractivity contribution in [3.05, 3.63) is 57.8 Å². The molecule has 3 rings (SSSR count). The van der Waals surface area contributed by atoms with Crippen molar-refractivity contribution in [2.24, 2.45) is 5.92 Å². The zero-order chi connectivity index (χ0) is 19.6. The summed E-state index contributed by atoms with van der Waals surface area (Å²) in [6, 6.07) is 9.13. The van der Waals surface area contributed by atoms with Gasteiger partial charge in [-0.1, -0.05) is 25.1 Å². The summed E-state index contributed by atoms with van der Waals surface area (Å²) in [7, 11) is 0. The average molecular weight is 367 g/mol. The highest BCUT2D eigenvalue weighted by atomic mass is 16.2. The van der Waals surface area contributed by atoms with E-state index in [9.17, 15) is 9.59 Å². The molecule has 3 aromatic rings. The number of carbonyl (C=O) groups excluding carboxylic acids is 1. The minimum atomic E-state index is -0.270. The van der Waals surface area contributed by atoms with Gasteiger partial charge in [-0.05, 0) is 38.8 Å². The summed E-state index contributed by atoms with van der Waals surface area (Å²) in [5.41, 5.74) is 2.20. The van der Waals surface area contributed by atoms with Crippen molar-refractivity contribution in [1.82, 2.24) is 24.9 Å². The predicted molar refractivity (Wildman–Crippen MR) is 105 cm³/mol. The lowest BCUT2D eigenvalue weighted by molar-refractivity contribution is 0.0941. The number of hydrogen-bond donors (Lipinski definition) is 1. The highest BCUT2D eigenvalue weighted by molar-refractivity contribution is 6.04. The first-order valence-corrected chi connectivity index (χ1v) is 9.19. The fourth-order valence-electron chi connectivity index (χ4n) is 3.19. The Labute approximate surface area is 158 Å². The lowest BCUT2D eigenvalue weighted by Crippen LogP contribution is -2.33. The minimum Gasteiger partial charge on any atom is -0.350 e. The maximum Gasteiger partial charge on any atom is 0.274 e. The smallest absolute Gasteiger partial charge is 0.274 e. The summed E-state index contributed by atoms with van der Waals surface area (Å²) in [4.78, 5) is 25.2. The Bertz CT molecular complexity index is 1030. The number of hydrogen-bond acceptors (Lipinski definition) is 4. The van der Waals surface area contributed by atoms with Gasteiger partial charge in [0.2, 0.25) is 0 Å². The van der Waals surface area contributed by atoms with Crippen molar-refractivity contribution in [2.75, 3.05) is 6.54 Å². The molecule has 1 amide bonds. The van der Waals surface area contributed by atoms with E-state index in [1.54, 1.807) is 18.2 Å². The highest BCUT2D eigenvalue weighted by Crippen LogP contribution is 2.13. The van der Waals surface area contributed by atoms with Gasteiger partial charge in [0.1, 0.15) is 0 Å². The van der Waals surface area contributed by atoms with E-state index in [1.807, 2.05) is 37.6 Å². The monoisotopic (exact) mass is 367 g/mol. The Morgan fingerprint density at radius 1 is 1.15 bits per heavy atom. The minimum absolute atomic E-state index is 0.178. The number of benzene rings is 1. The van der Waals surface area contributed by atoms with Crippen LogP contribution in [0.15, 0.2) is 35.1 Å². The first-order chi connectivity index (χ1) is 12.9. The molecule has 7 heteroatoms. The molecular formula is C20H25N5O2. The van der Waals surface area contributed by atoms with Crippen LogP contribution >= 0.6 is 0 Å². The van der Waals surface area contributed by atoms with E-state index in [2.05, 4.69) is 22.4 Å². The first-order valence-electron chi connectivity index (χ1n) is 9.19. The number of nitrogens with zero attached hydrogens (tertiary/aromatic N) is 4. The van der Waals surface area contributed by atoms with Gasteiger partial charge >= 0.3 is 0 Å². The van der Waals surface area contributed by atoms with Gasteiger partial charge in [-0.3, -0.25) is 14.3 Å². The summed E-state index contributed by atoms with van der Waals surface area (Å²) < 4.78 is 3.29. The van der Waals surface area contributed by atoms with Gasteiger partial charge in [0, 0.05) is 30.7 Å². The molecule has 0 fully saturated rings. The molecule has 0 saturated carbocycles. The van der Waals surface area contributed by atoms with Gasteiger partial charge in [-0.25, -0.2) is 4.68 Å². The van der Waals surface area contributed by atoms with Gasteiger partial charge in [-0.15, -0.1) is 0 Å². The Kier molecular flexibility index (Phi) is 5.39. The number of aryl methyl sites for hydroxylation is 3. The van der Waals surface area contributed by atoms with Crippen molar-refractivity contribution in [3.8, 4) is 0 Å². The van der Waals surface area contributed by atoms with Crippen molar-refractivity contribution in [1.29, 1.82) is 0 Å². The van der Waals surface area contributed by atoms with Gasteiger partial charge < -0.3 is 5.32 Å². The van der Waals surface area contributed by atoms with Crippen LogP contribution in [0.4, 0.5) is 0 Å². The fraction of sp³-hybridized carbons (Fsp3) is 0.400. The molecule has 0 aliphatic carbocycles. The van der Waals surface area contributed by atoms with Crippen LogP contribution in [-0.2, 0) is 13.1 Å². The van der Waals surface area contributed by atoms with E-state index >= 15 is 0 Å². The van der Waals surface area contributed by atoms with Crippen LogP contribution in [0, 0.1) is 19.8 Å². The summed E-state index contributed by atoms with van der Waals surface area (Å²) in [6.45, 7) is 9.53. The van der Waals surface area contributed by atoms with E-state index in [1.165, 1.54) is 4.68 Å². The molecule has 142 valence electrons. The second-order valence-corrected chi connectivity index (χ2v) is 6.94. The predicted octanol–water partition coefficient (Wildman–Crippen LogP) is 2.30. The maximum absolute atomic E-state index is 12.8. The fourth-order valence-corrected chi connectivity index (χ4v) is 3.19. The molecule has 2 heterocycles. The molecular weight excluding hydrogens is 342 g/mol. The zero-order valence-electron chi connectivity index (χ0n) is 16.2. The summed E-state index contributed by atoms with van der Waals surface area (Å²) in [5.74, 6) is -0.0658. The molecule has 0 saturated heterocycles. The Balaban J connectivity index is 1.77. The summed E-state index contributed by atoms with van der Waals surface area (Å²) in [5, 5.41) is 12.8. The molecule has 0 spiro atoms. The quantitative estimate of drug-likeness (QED) is 0.725. The molecule has 0 aliphatic heterocycles. The number of fused-ring (bicyclic) bond motifs is 1. The van der Waals surface area contributed by atoms with Crippen LogP contribution < -0.4 is 10.9 Å². The van der Waals surface area contributed by atoms with E-state index in [-0.39, 0.29) is 23.1 Å². The normalized spacial score (nSPS) is 12.3. The average Bonchev–Trinajstić information content (AvgIpc) is 2.97. The van der Waals surface area contributed by atoms with E-state index in [4.69, 9.17) is 0 Å². The molecule has 0 aliphatic rings. The van der Waals surface area contributed by atoms with Gasteiger partial charge in [-0.2, -0.15) is 10.2 Å². The van der Waals surface area contributed by atoms with E-state index in [0.717, 1.165) is 17.9 Å². The highest BCUT2D eigenvalue weighted by Gasteiger charge is 2.17. The Morgan fingerprint density at radius 2 is 1.85 bits per heavy atom. The van der Waals surface area contributed by atoms with E-state index in [0.29, 0.717) is 23.9 Å². The second-order valence-electron chi connectivity index (χ2n) is 6.94. The molecule has 27 heavy (non-hydrogen) atoms. The van der Waals surface area contributed by atoms with Gasteiger partial charge in [0.25, 0.3) is 11.5 Å². The molecule has 1 aromatic carbocycles. The maximum atomic E-state index is 12.8. The van der Waals surface area contributed by atoms with Crippen LogP contribution in [0.5, 0.6) is 0 Å². The van der Waals surface area contributed by atoms with Crippen molar-refractivity contribution < 1.29 is 4.79 Å². The standard InChI is InChI=1S/C20H25N5O2/c1-5-24-20(27)17-9-7-6-8-16(17)18(23-24)19(26)21-11-13(2)12-25-15(4)10-14(3)22-25/h6-10,13H,5,11-12H2,1-4H3,(H,21,26). The third-order valence-corrected chi connectivity index (χ3v) is 4.58. The van der Waals surface area contributed by atoms with Crippen LogP contribution in [0.3, 0.4) is 0 Å². The SMILES string of the molecule is CCn1nc(C(=O)NCC(C)Cn2nc(C)cc2C)c2ccccc2c1=O. The molecule has 2 aromatic heterocycles. The third kappa shape index (κ3) is 3.92. The van der Waals surface area contributed by atoms with Crippen LogP contribution in [0.1, 0.15) is 35.7 Å². The van der Waals surface area contributed by atoms with Crippen LogP contribution in [0.2, 0.25) is 0 Å². The molecule has 0 radical (unpaired) electrons. The number of nitrogens with one attached hydrogen (secondary N) is 1. The van der Waals surface area contributed by atoms with E-state index < -0.39 is 0 Å². The van der Waals surface area contributed by atoms with Gasteiger partial charge in [0.15, 0.2) is 5.69 Å². The lowest BCUT2D eigenvalue weighted by Gasteiger charge is -2.15.